The third-order valence-corrected chi connectivity index (χ3v) is 8.23. The highest BCUT2D eigenvalue weighted by atomic mass is 32.1. The Morgan fingerprint density at radius 3 is 1.79 bits per heavy atom. The Kier molecular flexibility index (Phi) is 14.9. The zero-order valence-electron chi connectivity index (χ0n) is 28.8. The van der Waals surface area contributed by atoms with E-state index in [1.54, 1.807) is 11.2 Å². The summed E-state index contributed by atoms with van der Waals surface area (Å²) in [4.78, 5) is 55.8. The van der Waals surface area contributed by atoms with Gasteiger partial charge in [0.05, 0.1) is 16.6 Å². The van der Waals surface area contributed by atoms with Crippen LogP contribution in [-0.4, -0.2) is 111 Å². The number of nitrogens with one attached hydrogen (secondary N) is 1. The van der Waals surface area contributed by atoms with E-state index < -0.39 is 36.4 Å². The highest BCUT2D eigenvalue weighted by Gasteiger charge is 2.39. The van der Waals surface area contributed by atoms with Crippen molar-refractivity contribution in [3.8, 4) is 11.1 Å². The van der Waals surface area contributed by atoms with E-state index in [-0.39, 0.29) is 5.91 Å². The fourth-order valence-electron chi connectivity index (χ4n) is 4.64. The van der Waals surface area contributed by atoms with Gasteiger partial charge in [0.25, 0.3) is 5.91 Å². The number of hydrogen-bond donors (Lipinski definition) is 4. The van der Waals surface area contributed by atoms with E-state index in [2.05, 4.69) is 54.2 Å². The molecular formula is C33H28F9N7O7S. The van der Waals surface area contributed by atoms with E-state index in [4.69, 9.17) is 29.7 Å². The molecule has 24 heteroatoms. The summed E-state index contributed by atoms with van der Waals surface area (Å²) in [5, 5.41) is 31.3. The number of alkyl halides is 9. The number of halogens is 9. The van der Waals surface area contributed by atoms with E-state index in [1.807, 2.05) is 55.2 Å². The number of thiophene rings is 1. The molecule has 0 spiro atoms. The Balaban J connectivity index is 0.000000341. The zero-order valence-corrected chi connectivity index (χ0v) is 29.6. The van der Waals surface area contributed by atoms with Crippen molar-refractivity contribution in [2.45, 2.75) is 18.5 Å². The van der Waals surface area contributed by atoms with Gasteiger partial charge in [-0.25, -0.2) is 24.4 Å². The summed E-state index contributed by atoms with van der Waals surface area (Å²) < 4.78 is 95.2. The summed E-state index contributed by atoms with van der Waals surface area (Å²) in [6.45, 7) is 3.41. The second kappa shape index (κ2) is 18.9. The quantitative estimate of drug-likeness (QED) is 0.139. The van der Waals surface area contributed by atoms with Crippen LogP contribution in [-0.2, 0) is 14.4 Å². The maximum Gasteiger partial charge on any atom is 0.490 e. The van der Waals surface area contributed by atoms with Gasteiger partial charge in [-0.2, -0.15) is 44.6 Å². The molecule has 57 heavy (non-hydrogen) atoms. The van der Waals surface area contributed by atoms with Gasteiger partial charge in [0.15, 0.2) is 0 Å². The highest BCUT2D eigenvalue weighted by Crippen LogP contribution is 2.30. The van der Waals surface area contributed by atoms with Gasteiger partial charge in [0.2, 0.25) is 0 Å². The maximum atomic E-state index is 12.8. The number of aromatic nitrogens is 4. The lowest BCUT2D eigenvalue weighted by atomic mass is 10.1. The van der Waals surface area contributed by atoms with Gasteiger partial charge in [0, 0.05) is 61.7 Å². The van der Waals surface area contributed by atoms with Crippen LogP contribution in [0.25, 0.3) is 22.0 Å². The van der Waals surface area contributed by atoms with E-state index >= 15 is 0 Å². The lowest BCUT2D eigenvalue weighted by molar-refractivity contribution is -0.193. The van der Waals surface area contributed by atoms with Crippen LogP contribution in [0.2, 0.25) is 0 Å². The summed E-state index contributed by atoms with van der Waals surface area (Å²) >= 11 is 1.46. The highest BCUT2D eigenvalue weighted by molar-refractivity contribution is 7.12. The van der Waals surface area contributed by atoms with Crippen molar-refractivity contribution in [1.82, 2.24) is 20.2 Å². The largest absolute Gasteiger partial charge is 0.490 e. The standard InChI is InChI=1S/C27H25N7OS.3C2HF3O2/c1-32(27(35)25-6-3-13-36-25)21-4-2-5-22(15-21)33-9-11-34(12-10-33)26-23-14-19(20-16-30-31-17-20)7-8-24(23)28-18-29-26;3*3-2(4,5)1(6)7/h2-8,13-18H,9-12H2,1H3,(H,30,31);3*(H,6,7). The molecule has 5 aromatic rings. The predicted molar refractivity (Wildman–Crippen MR) is 186 cm³/mol. The molecule has 3 aromatic heterocycles. The lowest BCUT2D eigenvalue weighted by Gasteiger charge is -2.37. The average molecular weight is 838 g/mol. The molecule has 2 aromatic carbocycles. The first-order valence-electron chi connectivity index (χ1n) is 15.6. The molecule has 0 radical (unpaired) electrons. The van der Waals surface area contributed by atoms with Crippen LogP contribution in [0.3, 0.4) is 0 Å². The van der Waals surface area contributed by atoms with E-state index in [0.717, 1.165) is 70.3 Å². The molecule has 0 saturated carbocycles. The molecule has 0 bridgehead atoms. The Hall–Kier alpha value is -6.46. The number of fused-ring (bicyclic) bond motifs is 1. The number of carbonyl (C=O) groups is 4. The van der Waals surface area contributed by atoms with Crippen LogP contribution in [0.5, 0.6) is 0 Å². The number of carboxylic acid groups (broad SMARTS) is 3. The first-order chi connectivity index (χ1) is 26.5. The number of aliphatic carboxylic acids is 3. The fraction of sp³-hybridized carbons (Fsp3) is 0.242. The van der Waals surface area contributed by atoms with Gasteiger partial charge in [-0.15, -0.1) is 11.3 Å². The molecule has 306 valence electrons. The zero-order chi connectivity index (χ0) is 42.7. The normalized spacial score (nSPS) is 12.9. The van der Waals surface area contributed by atoms with Crippen LogP contribution in [0.1, 0.15) is 9.67 Å². The number of amides is 1. The van der Waals surface area contributed by atoms with E-state index in [0.29, 0.717) is 0 Å². The average Bonchev–Trinajstić information content (AvgIpc) is 3.90. The minimum Gasteiger partial charge on any atom is -0.475 e. The van der Waals surface area contributed by atoms with Gasteiger partial charge < -0.3 is 30.0 Å². The monoisotopic (exact) mass is 837 g/mol. The summed E-state index contributed by atoms with van der Waals surface area (Å²) in [6.07, 6.45) is -9.89. The molecular weight excluding hydrogens is 809 g/mol. The van der Waals surface area contributed by atoms with Crippen molar-refractivity contribution in [3.05, 3.63) is 83.6 Å². The number of anilines is 3. The summed E-state index contributed by atoms with van der Waals surface area (Å²) in [7, 11) is 1.83. The Morgan fingerprint density at radius 1 is 0.737 bits per heavy atom. The first kappa shape index (κ1) is 44.9. The van der Waals surface area contributed by atoms with Gasteiger partial charge in [0.1, 0.15) is 12.1 Å². The second-order valence-corrected chi connectivity index (χ2v) is 12.1. The minimum absolute atomic E-state index is 0.0115. The molecule has 0 aliphatic carbocycles. The summed E-state index contributed by atoms with van der Waals surface area (Å²) in [5.41, 5.74) is 5.07. The fourth-order valence-corrected chi connectivity index (χ4v) is 5.34. The number of aromatic amines is 1. The SMILES string of the molecule is CN(C(=O)c1cccs1)c1cccc(N2CCN(c3ncnc4ccc(-c5cn[nH]c5)cc34)CC2)c1.O=C(O)C(F)(F)F.O=C(O)C(F)(F)F.O=C(O)C(F)(F)F. The summed E-state index contributed by atoms with van der Waals surface area (Å²) in [6, 6.07) is 18.2. The Morgan fingerprint density at radius 2 is 1.30 bits per heavy atom. The number of H-pyrrole nitrogens is 1. The number of piperazine rings is 1. The predicted octanol–water partition coefficient (Wildman–Crippen LogP) is 6.58. The number of rotatable bonds is 5. The molecule has 0 atom stereocenters. The van der Waals surface area contributed by atoms with Crippen molar-refractivity contribution < 1.29 is 74.0 Å². The van der Waals surface area contributed by atoms with Crippen molar-refractivity contribution in [2.24, 2.45) is 0 Å². The van der Waals surface area contributed by atoms with E-state index in [9.17, 15) is 44.3 Å². The van der Waals surface area contributed by atoms with Gasteiger partial charge in [-0.05, 0) is 47.3 Å². The molecule has 6 rings (SSSR count). The van der Waals surface area contributed by atoms with Gasteiger partial charge in [-0.3, -0.25) is 9.89 Å². The lowest BCUT2D eigenvalue weighted by Crippen LogP contribution is -2.47. The van der Waals surface area contributed by atoms with Crippen molar-refractivity contribution in [3.63, 3.8) is 0 Å². The first-order valence-corrected chi connectivity index (χ1v) is 16.4. The Labute approximate surface area is 318 Å². The molecule has 1 amide bonds. The maximum absolute atomic E-state index is 12.8. The van der Waals surface area contributed by atoms with Crippen molar-refractivity contribution in [1.29, 1.82) is 0 Å². The molecule has 1 aliphatic rings. The number of hydrogen-bond acceptors (Lipinski definition) is 10. The topological polar surface area (TPSA) is 193 Å². The molecule has 1 saturated heterocycles. The molecule has 14 nitrogen and oxygen atoms in total. The number of nitrogens with zero attached hydrogens (tertiary/aromatic N) is 6. The van der Waals surface area contributed by atoms with Crippen LogP contribution >= 0.6 is 11.3 Å². The van der Waals surface area contributed by atoms with Crippen LogP contribution in [0, 0.1) is 0 Å². The minimum atomic E-state index is -5.08. The third kappa shape index (κ3) is 13.1. The van der Waals surface area contributed by atoms with Gasteiger partial charge >= 0.3 is 36.4 Å². The van der Waals surface area contributed by atoms with Gasteiger partial charge in [-0.1, -0.05) is 18.2 Å². The third-order valence-electron chi connectivity index (χ3n) is 7.37. The van der Waals surface area contributed by atoms with Crippen LogP contribution < -0.4 is 14.7 Å². The Bertz CT molecular complexity index is 2070. The molecule has 1 fully saturated rings. The van der Waals surface area contributed by atoms with Crippen molar-refractivity contribution in [2.75, 3.05) is 47.9 Å². The van der Waals surface area contributed by atoms with Crippen molar-refractivity contribution >= 4 is 63.2 Å². The molecule has 4 N–H and O–H groups in total. The second-order valence-electron chi connectivity index (χ2n) is 11.2. The van der Waals surface area contributed by atoms with Crippen LogP contribution in [0.15, 0.2) is 78.7 Å². The van der Waals surface area contributed by atoms with Crippen LogP contribution in [0.4, 0.5) is 56.7 Å². The smallest absolute Gasteiger partial charge is 0.475 e. The molecule has 1 aliphatic heterocycles. The molecule has 4 heterocycles. The number of carboxylic acids is 3. The number of carbonyl (C=O) groups excluding carboxylic acids is 1. The van der Waals surface area contributed by atoms with E-state index in [1.165, 1.54) is 11.3 Å². The summed E-state index contributed by atoms with van der Waals surface area (Å²) in [5.74, 6) is -7.30. The number of benzene rings is 2. The molecule has 0 unspecified atom stereocenters.